The van der Waals surface area contributed by atoms with E-state index < -0.39 is 0 Å². The summed E-state index contributed by atoms with van der Waals surface area (Å²) in [6.45, 7) is 3.76. The zero-order valence-electron chi connectivity index (χ0n) is 28.1. The monoisotopic (exact) mass is 723 g/mol. The first-order chi connectivity index (χ1) is 25.2. The Bertz CT molecular complexity index is 2830. The van der Waals surface area contributed by atoms with Crippen LogP contribution in [0.4, 0.5) is 0 Å². The predicted octanol–water partition coefficient (Wildman–Crippen LogP) is 12.0. The van der Waals surface area contributed by atoms with Gasteiger partial charge in [0.25, 0.3) is 0 Å². The van der Waals surface area contributed by atoms with Gasteiger partial charge >= 0.3 is 0 Å². The minimum Gasteiger partial charge on any atom is -0.398 e. The van der Waals surface area contributed by atoms with Crippen LogP contribution in [0.1, 0.15) is 5.56 Å². The first-order valence-electron chi connectivity index (χ1n) is 16.9. The molecular weight excluding hydrogens is 692 g/mol. The molecule has 0 saturated carbocycles. The summed E-state index contributed by atoms with van der Waals surface area (Å²) in [7, 11) is 0. The van der Waals surface area contributed by atoms with Gasteiger partial charge < -0.3 is 10.3 Å². The quantitative estimate of drug-likeness (QED) is 0.167. The van der Waals surface area contributed by atoms with Crippen LogP contribution in [0.3, 0.4) is 0 Å². The topological polar surface area (TPSA) is 56.7 Å². The molecule has 9 aromatic rings. The Balaban J connectivity index is 0.00000387. The number of hydrogen-bond donors (Lipinski definition) is 1. The zero-order chi connectivity index (χ0) is 34.3. The number of fused-ring (bicyclic) bond motifs is 6. The van der Waals surface area contributed by atoms with Gasteiger partial charge in [0, 0.05) is 90.0 Å². The van der Waals surface area contributed by atoms with Crippen LogP contribution in [0.15, 0.2) is 177 Å². The normalized spacial score (nSPS) is 11.9. The van der Waals surface area contributed by atoms with Crippen molar-refractivity contribution in [2.45, 2.75) is 0 Å². The summed E-state index contributed by atoms with van der Waals surface area (Å²) in [4.78, 5) is 9.46. The van der Waals surface area contributed by atoms with Gasteiger partial charge in [-0.15, -0.1) is 11.3 Å². The number of aromatic nitrogens is 3. The third kappa shape index (κ3) is 5.75. The fraction of sp³-hybridized carbons (Fsp3) is 0. The van der Waals surface area contributed by atoms with E-state index in [-0.39, 0.29) is 18.6 Å². The average molecular weight is 724 g/mol. The molecule has 1 radical (unpaired) electrons. The van der Waals surface area contributed by atoms with Crippen LogP contribution in [0.2, 0.25) is 0 Å². The molecule has 4 nitrogen and oxygen atoms in total. The van der Waals surface area contributed by atoms with Crippen molar-refractivity contribution >= 4 is 59.0 Å². The molecule has 52 heavy (non-hydrogen) atoms. The number of allylic oxidation sites excluding steroid dienone is 4. The van der Waals surface area contributed by atoms with Crippen LogP contribution in [0, 0.1) is 0 Å². The number of hydrogen-bond acceptors (Lipinski definition) is 4. The van der Waals surface area contributed by atoms with Crippen LogP contribution in [-0.4, -0.2) is 14.5 Å². The SMILES string of the molecule is C=C/C=C\C=C(/N)c1ccccc1-c1ccc2c(c1)c1ccccc1n2-c1ccc2sc3cc(-c4ccccn4)c(-c4ccccn4)cc3c2c1.[V]. The van der Waals surface area contributed by atoms with Crippen molar-refractivity contribution in [1.29, 1.82) is 0 Å². The zero-order valence-corrected chi connectivity index (χ0v) is 30.4. The fourth-order valence-electron chi connectivity index (χ4n) is 7.15. The molecular formula is C46H32N4SV. The van der Waals surface area contributed by atoms with E-state index in [1.807, 2.05) is 72.3 Å². The van der Waals surface area contributed by atoms with E-state index in [4.69, 9.17) is 15.7 Å². The Hall–Kier alpha value is -5.98. The number of rotatable bonds is 7. The molecule has 0 fully saturated rings. The molecule has 0 spiro atoms. The minimum atomic E-state index is 0. The third-order valence-electron chi connectivity index (χ3n) is 9.48. The maximum atomic E-state index is 6.58. The van der Waals surface area contributed by atoms with Gasteiger partial charge in [-0.2, -0.15) is 0 Å². The van der Waals surface area contributed by atoms with Gasteiger partial charge in [0.1, 0.15) is 0 Å². The molecule has 0 aliphatic heterocycles. The number of thiophene rings is 1. The van der Waals surface area contributed by atoms with E-state index in [0.717, 1.165) is 55.9 Å². The van der Waals surface area contributed by atoms with Crippen molar-refractivity contribution in [3.05, 3.63) is 182 Å². The smallest absolute Gasteiger partial charge is 0.0709 e. The standard InChI is InChI=1S/C46H32N4S.V/c1-2-3-4-16-40(47)33-14-6-5-13-32(33)30-20-22-44-37(26-30)34-15-7-8-19-43(34)50(44)31-21-23-45-38(27-31)39-28-35(41-17-9-11-24-48-41)36(29-46(39)51-45)42-18-10-12-25-49-42;/h2-29H,1,47H2;/b4-3-,40-16-;. The second-order valence-electron chi connectivity index (χ2n) is 12.5. The van der Waals surface area contributed by atoms with Crippen molar-refractivity contribution in [2.24, 2.45) is 5.73 Å². The van der Waals surface area contributed by atoms with E-state index in [1.54, 1.807) is 6.08 Å². The van der Waals surface area contributed by atoms with Crippen LogP contribution < -0.4 is 5.73 Å². The van der Waals surface area contributed by atoms with Crippen molar-refractivity contribution < 1.29 is 18.6 Å². The Morgan fingerprint density at radius 1 is 0.596 bits per heavy atom. The van der Waals surface area contributed by atoms with Gasteiger partial charge in [-0.25, -0.2) is 0 Å². The van der Waals surface area contributed by atoms with Crippen LogP contribution >= 0.6 is 11.3 Å². The molecule has 0 amide bonds. The van der Waals surface area contributed by atoms with E-state index >= 15 is 0 Å². The molecule has 0 aliphatic carbocycles. The molecule has 9 rings (SSSR count). The Labute approximate surface area is 317 Å². The molecule has 6 heteroatoms. The predicted molar refractivity (Wildman–Crippen MR) is 217 cm³/mol. The molecule has 0 atom stereocenters. The number of nitrogens with zero attached hydrogens (tertiary/aromatic N) is 3. The minimum absolute atomic E-state index is 0. The molecule has 2 N–H and O–H groups in total. The van der Waals surface area contributed by atoms with Crippen LogP contribution in [-0.2, 0) is 18.6 Å². The molecule has 5 aromatic carbocycles. The van der Waals surface area contributed by atoms with E-state index in [0.29, 0.717) is 5.70 Å². The Kier molecular flexibility index (Phi) is 8.92. The maximum absolute atomic E-state index is 6.58. The van der Waals surface area contributed by atoms with Crippen molar-refractivity contribution in [3.8, 4) is 39.3 Å². The second kappa shape index (κ2) is 14.0. The van der Waals surface area contributed by atoms with Gasteiger partial charge in [-0.3, -0.25) is 9.97 Å². The molecule has 247 valence electrons. The van der Waals surface area contributed by atoms with Gasteiger partial charge in [-0.1, -0.05) is 85.5 Å². The van der Waals surface area contributed by atoms with Crippen LogP contribution in [0.5, 0.6) is 0 Å². The second-order valence-corrected chi connectivity index (χ2v) is 13.6. The maximum Gasteiger partial charge on any atom is 0.0709 e. The van der Waals surface area contributed by atoms with E-state index in [1.165, 1.54) is 30.9 Å². The Morgan fingerprint density at radius 3 is 2.06 bits per heavy atom. The fourth-order valence-corrected chi connectivity index (χ4v) is 8.26. The molecule has 0 aliphatic rings. The van der Waals surface area contributed by atoms with Gasteiger partial charge in [0.2, 0.25) is 0 Å². The number of nitrogens with two attached hydrogens (primary N) is 1. The number of para-hydroxylation sites is 1. The number of benzene rings is 5. The van der Waals surface area contributed by atoms with Gasteiger partial charge in [0.05, 0.1) is 22.4 Å². The summed E-state index contributed by atoms with van der Waals surface area (Å²) >= 11 is 1.82. The third-order valence-corrected chi connectivity index (χ3v) is 10.6. The van der Waals surface area contributed by atoms with Crippen molar-refractivity contribution in [2.75, 3.05) is 0 Å². The van der Waals surface area contributed by atoms with E-state index in [2.05, 4.69) is 114 Å². The molecule has 0 saturated heterocycles. The largest absolute Gasteiger partial charge is 0.398 e. The number of pyridine rings is 2. The first-order valence-corrected chi connectivity index (χ1v) is 17.7. The van der Waals surface area contributed by atoms with Crippen molar-refractivity contribution in [1.82, 2.24) is 14.5 Å². The molecule has 0 bridgehead atoms. The van der Waals surface area contributed by atoms with Crippen molar-refractivity contribution in [3.63, 3.8) is 0 Å². The summed E-state index contributed by atoms with van der Waals surface area (Å²) in [5.74, 6) is 0. The Morgan fingerprint density at radius 2 is 1.29 bits per heavy atom. The molecule has 4 aromatic heterocycles. The molecule has 0 unspecified atom stereocenters. The first kappa shape index (κ1) is 33.2. The summed E-state index contributed by atoms with van der Waals surface area (Å²) < 4.78 is 4.85. The summed E-state index contributed by atoms with van der Waals surface area (Å²) in [6.07, 6.45) is 11.2. The summed E-state index contributed by atoms with van der Waals surface area (Å²) in [5, 5.41) is 4.84. The van der Waals surface area contributed by atoms with Crippen LogP contribution in [0.25, 0.3) is 87.0 Å². The van der Waals surface area contributed by atoms with Gasteiger partial charge in [-0.05, 0) is 90.0 Å². The summed E-state index contributed by atoms with van der Waals surface area (Å²) in [6, 6.07) is 47.3. The summed E-state index contributed by atoms with van der Waals surface area (Å²) in [5.41, 5.74) is 18.0. The van der Waals surface area contributed by atoms with Gasteiger partial charge in [0.15, 0.2) is 0 Å². The van der Waals surface area contributed by atoms with E-state index in [9.17, 15) is 0 Å². The molecule has 4 heterocycles. The average Bonchev–Trinajstić information content (AvgIpc) is 3.72.